The molecule has 1 atom stereocenters. The van der Waals surface area contributed by atoms with Gasteiger partial charge in [-0.25, -0.2) is 0 Å². The lowest BCUT2D eigenvalue weighted by Gasteiger charge is -2.38. The summed E-state index contributed by atoms with van der Waals surface area (Å²) in [6.07, 6.45) is 1.97. The van der Waals surface area contributed by atoms with Crippen LogP contribution in [0, 0.1) is 0 Å². The molecule has 4 heteroatoms. The molecule has 35 heavy (non-hydrogen) atoms. The number of nitrogens with zero attached hydrogens (tertiary/aromatic N) is 1. The molecule has 0 spiro atoms. The maximum Gasteiger partial charge on any atom is 0.161 e. The van der Waals surface area contributed by atoms with Crippen LogP contribution in [-0.4, -0.2) is 25.7 Å². The topological polar surface area (TPSA) is 21.7 Å². The van der Waals surface area contributed by atoms with Gasteiger partial charge >= 0.3 is 0 Å². The third-order valence-corrected chi connectivity index (χ3v) is 7.62. The quantitative estimate of drug-likeness (QED) is 0.268. The number of hydrogen-bond donors (Lipinski definition) is 0. The fourth-order valence-corrected chi connectivity index (χ4v) is 5.97. The number of methoxy groups -OCH3 is 2. The molecule has 0 aromatic heterocycles. The number of ether oxygens (including phenoxy) is 2. The molecule has 0 amide bonds. The van der Waals surface area contributed by atoms with Gasteiger partial charge in [-0.1, -0.05) is 66.2 Å². The summed E-state index contributed by atoms with van der Waals surface area (Å²) in [6, 6.07) is 28.3. The van der Waals surface area contributed by atoms with Crippen LogP contribution in [0.2, 0.25) is 5.02 Å². The zero-order valence-corrected chi connectivity index (χ0v) is 20.8. The summed E-state index contributed by atoms with van der Waals surface area (Å²) >= 11 is 6.45. The Hall–Kier alpha value is -3.27. The van der Waals surface area contributed by atoms with E-state index in [1.54, 1.807) is 14.2 Å². The van der Waals surface area contributed by atoms with Crippen molar-refractivity contribution >= 4 is 11.6 Å². The number of benzene rings is 4. The van der Waals surface area contributed by atoms with Gasteiger partial charge in [-0.05, 0) is 81.6 Å². The summed E-state index contributed by atoms with van der Waals surface area (Å²) in [4.78, 5) is 2.56. The fourth-order valence-electron chi connectivity index (χ4n) is 5.77. The minimum Gasteiger partial charge on any atom is -0.493 e. The number of fused-ring (bicyclic) bond motifs is 4. The Bertz CT molecular complexity index is 1410. The molecule has 0 saturated heterocycles. The summed E-state index contributed by atoms with van der Waals surface area (Å²) in [5.74, 6) is 1.54. The highest BCUT2D eigenvalue weighted by Gasteiger charge is 2.31. The molecule has 1 aliphatic heterocycles. The monoisotopic (exact) mass is 481 g/mol. The van der Waals surface area contributed by atoms with Crippen molar-refractivity contribution in [2.24, 2.45) is 0 Å². The normalized spacial score (nSPS) is 16.4. The molecule has 4 aromatic rings. The van der Waals surface area contributed by atoms with Gasteiger partial charge in [0, 0.05) is 18.1 Å². The molecular weight excluding hydrogens is 454 g/mol. The van der Waals surface area contributed by atoms with Crippen molar-refractivity contribution in [3.8, 4) is 22.6 Å². The maximum atomic E-state index is 6.45. The minimum atomic E-state index is 0.0858. The summed E-state index contributed by atoms with van der Waals surface area (Å²) in [7, 11) is 3.39. The van der Waals surface area contributed by atoms with E-state index in [1.807, 2.05) is 12.1 Å². The van der Waals surface area contributed by atoms with E-state index in [0.717, 1.165) is 42.5 Å². The molecule has 0 radical (unpaired) electrons. The van der Waals surface area contributed by atoms with Crippen molar-refractivity contribution in [3.63, 3.8) is 0 Å². The van der Waals surface area contributed by atoms with Gasteiger partial charge in [-0.2, -0.15) is 0 Å². The molecular formula is C31H28ClNO2. The SMILES string of the molecule is COc1cc2c(cc1OC)C(c1cccc(Cl)c1)N(Cc1ccc3c(c1)Cc1ccccc1-3)CC2. The third kappa shape index (κ3) is 3.99. The first-order valence-corrected chi connectivity index (χ1v) is 12.5. The van der Waals surface area contributed by atoms with E-state index in [4.69, 9.17) is 21.1 Å². The lowest BCUT2D eigenvalue weighted by atomic mass is 9.87. The minimum absolute atomic E-state index is 0.0858. The lowest BCUT2D eigenvalue weighted by Crippen LogP contribution is -2.35. The van der Waals surface area contributed by atoms with Crippen LogP contribution in [0.5, 0.6) is 11.5 Å². The summed E-state index contributed by atoms with van der Waals surface area (Å²) < 4.78 is 11.3. The second-order valence-electron chi connectivity index (χ2n) is 9.41. The van der Waals surface area contributed by atoms with E-state index >= 15 is 0 Å². The highest BCUT2D eigenvalue weighted by Crippen LogP contribution is 2.43. The maximum absolute atomic E-state index is 6.45. The smallest absolute Gasteiger partial charge is 0.161 e. The van der Waals surface area contributed by atoms with Crippen molar-refractivity contribution in [2.75, 3.05) is 20.8 Å². The first-order valence-electron chi connectivity index (χ1n) is 12.1. The Balaban J connectivity index is 1.38. The van der Waals surface area contributed by atoms with Crippen LogP contribution in [0.15, 0.2) is 78.9 Å². The first-order chi connectivity index (χ1) is 17.1. The van der Waals surface area contributed by atoms with Gasteiger partial charge in [0.15, 0.2) is 11.5 Å². The summed E-state index contributed by atoms with van der Waals surface area (Å²) in [6.45, 7) is 1.82. The van der Waals surface area contributed by atoms with Crippen LogP contribution in [0.3, 0.4) is 0 Å². The zero-order chi connectivity index (χ0) is 23.9. The molecule has 1 aliphatic carbocycles. The second kappa shape index (κ2) is 9.07. The van der Waals surface area contributed by atoms with E-state index in [0.29, 0.717) is 0 Å². The van der Waals surface area contributed by atoms with Crippen molar-refractivity contribution in [1.29, 1.82) is 0 Å². The second-order valence-corrected chi connectivity index (χ2v) is 9.85. The van der Waals surface area contributed by atoms with Crippen LogP contribution in [0.4, 0.5) is 0 Å². The first kappa shape index (κ1) is 22.2. The van der Waals surface area contributed by atoms with Gasteiger partial charge < -0.3 is 9.47 Å². The molecule has 2 aliphatic rings. The molecule has 0 saturated carbocycles. The van der Waals surface area contributed by atoms with E-state index in [2.05, 4.69) is 71.6 Å². The Morgan fingerprint density at radius 3 is 2.43 bits per heavy atom. The number of halogens is 1. The van der Waals surface area contributed by atoms with Crippen LogP contribution >= 0.6 is 11.6 Å². The highest BCUT2D eigenvalue weighted by atomic mass is 35.5. The standard InChI is InChI=1S/C31H28ClNO2/c1-34-29-17-22-12-13-33(31(28(22)18-30(29)35-2)23-7-5-8-25(32)16-23)19-20-10-11-27-24(14-20)15-21-6-3-4-9-26(21)27/h3-11,14,16-18,31H,12-13,15,19H2,1-2H3. The predicted molar refractivity (Wildman–Crippen MR) is 142 cm³/mol. The van der Waals surface area contributed by atoms with Gasteiger partial charge in [0.05, 0.1) is 20.3 Å². The predicted octanol–water partition coefficient (Wildman–Crippen LogP) is 7.08. The Kier molecular flexibility index (Phi) is 5.75. The molecule has 1 unspecified atom stereocenters. The van der Waals surface area contributed by atoms with Gasteiger partial charge in [0.1, 0.15) is 0 Å². The molecule has 6 rings (SSSR count). The van der Waals surface area contributed by atoms with Crippen LogP contribution < -0.4 is 9.47 Å². The van der Waals surface area contributed by atoms with Crippen molar-refractivity contribution < 1.29 is 9.47 Å². The molecule has 3 nitrogen and oxygen atoms in total. The van der Waals surface area contributed by atoms with Crippen molar-refractivity contribution in [1.82, 2.24) is 4.90 Å². The average molecular weight is 482 g/mol. The number of hydrogen-bond acceptors (Lipinski definition) is 3. The van der Waals surface area contributed by atoms with E-state index < -0.39 is 0 Å². The van der Waals surface area contributed by atoms with Crippen LogP contribution in [0.25, 0.3) is 11.1 Å². The lowest BCUT2D eigenvalue weighted by molar-refractivity contribution is 0.203. The molecule has 1 heterocycles. The van der Waals surface area contributed by atoms with Crippen molar-refractivity contribution in [3.05, 3.63) is 117 Å². The Labute approximate surface area is 211 Å². The van der Waals surface area contributed by atoms with Gasteiger partial charge in [-0.15, -0.1) is 0 Å². The largest absolute Gasteiger partial charge is 0.493 e. The van der Waals surface area contributed by atoms with Gasteiger partial charge in [0.25, 0.3) is 0 Å². The van der Waals surface area contributed by atoms with E-state index in [9.17, 15) is 0 Å². The van der Waals surface area contributed by atoms with Crippen LogP contribution in [0.1, 0.15) is 39.4 Å². The van der Waals surface area contributed by atoms with E-state index in [1.165, 1.54) is 44.5 Å². The highest BCUT2D eigenvalue weighted by molar-refractivity contribution is 6.30. The molecule has 4 aromatic carbocycles. The van der Waals surface area contributed by atoms with Gasteiger partial charge in [-0.3, -0.25) is 4.90 Å². The summed E-state index contributed by atoms with van der Waals surface area (Å²) in [5, 5.41) is 0.755. The molecule has 0 fully saturated rings. The average Bonchev–Trinajstić information content (AvgIpc) is 3.25. The number of rotatable bonds is 5. The molecule has 0 N–H and O–H groups in total. The van der Waals surface area contributed by atoms with Gasteiger partial charge in [0.2, 0.25) is 0 Å². The summed E-state index contributed by atoms with van der Waals surface area (Å²) in [5.41, 5.74) is 10.7. The Morgan fingerprint density at radius 2 is 1.60 bits per heavy atom. The van der Waals surface area contributed by atoms with E-state index in [-0.39, 0.29) is 6.04 Å². The van der Waals surface area contributed by atoms with Crippen LogP contribution in [-0.2, 0) is 19.4 Å². The van der Waals surface area contributed by atoms with Crippen molar-refractivity contribution in [2.45, 2.75) is 25.4 Å². The fraction of sp³-hybridized carbons (Fsp3) is 0.226. The third-order valence-electron chi connectivity index (χ3n) is 7.38. The zero-order valence-electron chi connectivity index (χ0n) is 20.1. The Morgan fingerprint density at radius 1 is 0.800 bits per heavy atom. The molecule has 0 bridgehead atoms. The molecule has 176 valence electrons.